The van der Waals surface area contributed by atoms with Gasteiger partial charge in [-0.15, -0.1) is 0 Å². The van der Waals surface area contributed by atoms with Crippen LogP contribution in [0.25, 0.3) is 0 Å². The van der Waals surface area contributed by atoms with E-state index in [1.54, 1.807) is 11.8 Å². The van der Waals surface area contributed by atoms with E-state index in [2.05, 4.69) is 10.6 Å². The second-order valence-electron chi connectivity index (χ2n) is 6.05. The highest BCUT2D eigenvalue weighted by Crippen LogP contribution is 2.16. The third-order valence-corrected chi connectivity index (χ3v) is 5.46. The number of carbonyl (C=O) groups excluding carboxylic acids is 3. The van der Waals surface area contributed by atoms with Crippen LogP contribution in [-0.4, -0.2) is 59.0 Å². The van der Waals surface area contributed by atoms with Crippen molar-refractivity contribution in [3.05, 3.63) is 35.9 Å². The molecule has 0 spiro atoms. The van der Waals surface area contributed by atoms with Crippen LogP contribution in [0.4, 0.5) is 0 Å². The molecule has 0 saturated heterocycles. The predicted molar refractivity (Wildman–Crippen MR) is 112 cm³/mol. The van der Waals surface area contributed by atoms with Gasteiger partial charge in [0.1, 0.15) is 6.04 Å². The molecule has 0 aromatic heterocycles. The van der Waals surface area contributed by atoms with Crippen molar-refractivity contribution in [2.45, 2.75) is 25.8 Å². The number of rotatable bonds is 12. The van der Waals surface area contributed by atoms with Crippen molar-refractivity contribution >= 4 is 40.5 Å². The van der Waals surface area contributed by atoms with Crippen LogP contribution in [-0.2, 0) is 20.8 Å². The molecular formula is C19H28N2O4S2. The summed E-state index contributed by atoms with van der Waals surface area (Å²) in [4.78, 5) is 36.5. The molecule has 1 unspecified atom stereocenters. The number of aliphatic hydroxyl groups is 1. The second kappa shape index (κ2) is 13.6. The van der Waals surface area contributed by atoms with Crippen molar-refractivity contribution in [2.75, 3.05) is 30.9 Å². The molecule has 0 fully saturated rings. The molecule has 0 saturated carbocycles. The zero-order valence-electron chi connectivity index (χ0n) is 15.8. The number of aliphatic hydroxyl groups excluding tert-OH is 1. The first kappa shape index (κ1) is 23.5. The second-order valence-corrected chi connectivity index (χ2v) is 8.23. The minimum absolute atomic E-state index is 0.0412. The summed E-state index contributed by atoms with van der Waals surface area (Å²) in [5, 5.41) is 14.3. The van der Waals surface area contributed by atoms with Gasteiger partial charge >= 0.3 is 0 Å². The predicted octanol–water partition coefficient (Wildman–Crippen LogP) is 1.47. The largest absolute Gasteiger partial charge is 0.395 e. The van der Waals surface area contributed by atoms with Gasteiger partial charge in [0.15, 0.2) is 5.12 Å². The normalized spacial score (nSPS) is 12.9. The summed E-state index contributed by atoms with van der Waals surface area (Å²) < 4.78 is 0. The third kappa shape index (κ3) is 9.83. The van der Waals surface area contributed by atoms with Gasteiger partial charge in [-0.2, -0.15) is 11.8 Å². The fourth-order valence-corrected chi connectivity index (χ4v) is 3.62. The Labute approximate surface area is 169 Å². The molecule has 0 heterocycles. The van der Waals surface area contributed by atoms with Crippen molar-refractivity contribution < 1.29 is 19.5 Å². The highest BCUT2D eigenvalue weighted by atomic mass is 32.2. The molecule has 2 atom stereocenters. The lowest BCUT2D eigenvalue weighted by Gasteiger charge is -2.22. The van der Waals surface area contributed by atoms with Crippen LogP contribution < -0.4 is 10.6 Å². The van der Waals surface area contributed by atoms with E-state index in [4.69, 9.17) is 5.11 Å². The molecule has 0 aliphatic carbocycles. The molecular weight excluding hydrogens is 384 g/mol. The van der Waals surface area contributed by atoms with Gasteiger partial charge in [-0.3, -0.25) is 14.4 Å². The number of benzene rings is 1. The minimum Gasteiger partial charge on any atom is -0.395 e. The lowest BCUT2D eigenvalue weighted by atomic mass is 9.99. The monoisotopic (exact) mass is 412 g/mol. The maximum atomic E-state index is 12.8. The Bertz CT molecular complexity index is 599. The number of carbonyl (C=O) groups is 3. The summed E-state index contributed by atoms with van der Waals surface area (Å²) >= 11 is 2.71. The average molecular weight is 413 g/mol. The van der Waals surface area contributed by atoms with E-state index in [0.29, 0.717) is 18.6 Å². The summed E-state index contributed by atoms with van der Waals surface area (Å²) in [5.74, 6) is 0.137. The van der Waals surface area contributed by atoms with Crippen LogP contribution >= 0.6 is 23.5 Å². The molecule has 2 amide bonds. The van der Waals surface area contributed by atoms with Gasteiger partial charge in [-0.05, 0) is 30.4 Å². The highest BCUT2D eigenvalue weighted by Gasteiger charge is 2.26. The van der Waals surface area contributed by atoms with E-state index >= 15 is 0 Å². The zero-order valence-corrected chi connectivity index (χ0v) is 17.4. The van der Waals surface area contributed by atoms with E-state index in [0.717, 1.165) is 23.1 Å². The first-order valence-electron chi connectivity index (χ1n) is 8.83. The van der Waals surface area contributed by atoms with Crippen molar-refractivity contribution in [1.29, 1.82) is 0 Å². The molecule has 8 heteroatoms. The first-order chi connectivity index (χ1) is 13.0. The molecule has 1 rings (SSSR count). The SMILES string of the molecule is CSCC[C@@H](NC(=O)C(CSC(C)=O)Cc1ccccc1)C(=O)NCCO. The molecule has 27 heavy (non-hydrogen) atoms. The Morgan fingerprint density at radius 3 is 2.44 bits per heavy atom. The van der Waals surface area contributed by atoms with Crippen LogP contribution in [0, 0.1) is 5.92 Å². The van der Waals surface area contributed by atoms with E-state index in [9.17, 15) is 14.4 Å². The van der Waals surface area contributed by atoms with Crippen molar-refractivity contribution in [3.8, 4) is 0 Å². The van der Waals surface area contributed by atoms with Gasteiger partial charge in [0.25, 0.3) is 0 Å². The molecule has 0 aliphatic rings. The Balaban J connectivity index is 2.82. The number of hydrogen-bond acceptors (Lipinski definition) is 6. The fraction of sp³-hybridized carbons (Fsp3) is 0.526. The summed E-state index contributed by atoms with van der Waals surface area (Å²) in [6, 6.07) is 8.96. The standard InChI is InChI=1S/C19H28N2O4S2/c1-14(23)27-13-16(12-15-6-4-3-5-7-15)18(24)21-17(8-11-26-2)19(25)20-9-10-22/h3-7,16-17,22H,8-13H2,1-2H3,(H,20,25)(H,21,24)/t16?,17-/m1/s1. The van der Waals surface area contributed by atoms with Gasteiger partial charge in [-0.1, -0.05) is 42.1 Å². The molecule has 1 aromatic carbocycles. The Hall–Kier alpha value is -1.51. The molecule has 3 N–H and O–H groups in total. The van der Waals surface area contributed by atoms with Crippen LogP contribution in [0.15, 0.2) is 30.3 Å². The van der Waals surface area contributed by atoms with Gasteiger partial charge in [0.05, 0.1) is 12.5 Å². The van der Waals surface area contributed by atoms with Gasteiger partial charge < -0.3 is 15.7 Å². The van der Waals surface area contributed by atoms with E-state index in [1.165, 1.54) is 6.92 Å². The molecule has 1 aromatic rings. The number of thioether (sulfide) groups is 2. The summed E-state index contributed by atoms with van der Waals surface area (Å²) in [6.07, 6.45) is 2.94. The molecule has 0 radical (unpaired) electrons. The number of hydrogen-bond donors (Lipinski definition) is 3. The quantitative estimate of drug-likeness (QED) is 0.481. The van der Waals surface area contributed by atoms with Crippen LogP contribution in [0.1, 0.15) is 18.9 Å². The topological polar surface area (TPSA) is 95.5 Å². The van der Waals surface area contributed by atoms with Gasteiger partial charge in [0.2, 0.25) is 11.8 Å². The van der Waals surface area contributed by atoms with Crippen LogP contribution in [0.2, 0.25) is 0 Å². The highest BCUT2D eigenvalue weighted by molar-refractivity contribution is 8.13. The van der Waals surface area contributed by atoms with Gasteiger partial charge in [0, 0.05) is 19.2 Å². The van der Waals surface area contributed by atoms with Crippen molar-refractivity contribution in [1.82, 2.24) is 10.6 Å². The van der Waals surface area contributed by atoms with E-state index in [1.807, 2.05) is 36.6 Å². The van der Waals surface area contributed by atoms with Gasteiger partial charge in [-0.25, -0.2) is 0 Å². The lowest BCUT2D eigenvalue weighted by molar-refractivity contribution is -0.130. The Morgan fingerprint density at radius 1 is 1.15 bits per heavy atom. The fourth-order valence-electron chi connectivity index (χ4n) is 2.44. The van der Waals surface area contributed by atoms with Crippen molar-refractivity contribution in [3.63, 3.8) is 0 Å². The molecule has 6 nitrogen and oxygen atoms in total. The van der Waals surface area contributed by atoms with Crippen LogP contribution in [0.5, 0.6) is 0 Å². The van der Waals surface area contributed by atoms with Crippen molar-refractivity contribution in [2.24, 2.45) is 5.92 Å². The smallest absolute Gasteiger partial charge is 0.242 e. The number of nitrogens with one attached hydrogen (secondary N) is 2. The van der Waals surface area contributed by atoms with Crippen LogP contribution in [0.3, 0.4) is 0 Å². The minimum atomic E-state index is -0.655. The number of amides is 2. The molecule has 150 valence electrons. The molecule has 0 bridgehead atoms. The van der Waals surface area contributed by atoms with E-state index in [-0.39, 0.29) is 30.1 Å². The zero-order chi connectivity index (χ0) is 20.1. The maximum Gasteiger partial charge on any atom is 0.242 e. The maximum absolute atomic E-state index is 12.8. The summed E-state index contributed by atoms with van der Waals surface area (Å²) in [7, 11) is 0. The third-order valence-electron chi connectivity index (χ3n) is 3.84. The Morgan fingerprint density at radius 2 is 1.85 bits per heavy atom. The molecule has 0 aliphatic heterocycles. The van der Waals surface area contributed by atoms with E-state index < -0.39 is 12.0 Å². The summed E-state index contributed by atoms with van der Waals surface area (Å²) in [6.45, 7) is 1.48. The Kier molecular flexibility index (Phi) is 11.9. The summed E-state index contributed by atoms with van der Waals surface area (Å²) in [5.41, 5.74) is 1.01. The average Bonchev–Trinajstić information content (AvgIpc) is 2.66. The first-order valence-corrected chi connectivity index (χ1v) is 11.2. The lowest BCUT2D eigenvalue weighted by Crippen LogP contribution is -2.49.